The third kappa shape index (κ3) is 9.17. The van der Waals surface area contributed by atoms with Crippen molar-refractivity contribution in [3.63, 3.8) is 0 Å². The first kappa shape index (κ1) is 35.4. The Morgan fingerprint density at radius 1 is 0.542 bits per heavy atom. The Kier molecular flexibility index (Phi) is 12.5. The molecular formula is C42H49NO4Si. The van der Waals surface area contributed by atoms with E-state index in [1.807, 2.05) is 54.6 Å². The van der Waals surface area contributed by atoms with E-state index in [0.717, 1.165) is 16.7 Å². The maximum Gasteiger partial charge on any atom is 0.261 e. The summed E-state index contributed by atoms with van der Waals surface area (Å²) in [7, 11) is -2.87. The van der Waals surface area contributed by atoms with Gasteiger partial charge in [-0.15, -0.1) is 0 Å². The molecule has 6 heteroatoms. The van der Waals surface area contributed by atoms with Crippen LogP contribution in [0.2, 0.25) is 5.04 Å². The zero-order valence-corrected chi connectivity index (χ0v) is 29.7. The van der Waals surface area contributed by atoms with Crippen LogP contribution in [0.5, 0.6) is 0 Å². The predicted molar refractivity (Wildman–Crippen MR) is 197 cm³/mol. The van der Waals surface area contributed by atoms with E-state index in [1.165, 1.54) is 10.4 Å². The molecule has 0 aromatic heterocycles. The highest BCUT2D eigenvalue weighted by Crippen LogP contribution is 2.37. The van der Waals surface area contributed by atoms with Crippen LogP contribution in [0.1, 0.15) is 44.4 Å². The van der Waals surface area contributed by atoms with E-state index in [0.29, 0.717) is 33.0 Å². The van der Waals surface area contributed by atoms with Gasteiger partial charge in [0, 0.05) is 0 Å². The van der Waals surface area contributed by atoms with E-state index >= 15 is 0 Å². The lowest BCUT2D eigenvalue weighted by atomic mass is 9.97. The fourth-order valence-electron chi connectivity index (χ4n) is 6.11. The van der Waals surface area contributed by atoms with Crippen LogP contribution in [0, 0.1) is 0 Å². The predicted octanol–water partition coefficient (Wildman–Crippen LogP) is 7.85. The highest BCUT2D eigenvalue weighted by atomic mass is 28.4. The standard InChI is InChI=1S/C42H49NO4Si/c1-41(2,3)48(38-26-16-8-17-27-38,39-28-18-9-19-29-39)47-34-42(4,43-46-32-37-24-14-7-15-25-37)40(45-31-36-22-12-6-13-23-36)33-44-30-35-20-10-5-11-21-35/h5-29,40,43H,30-34H2,1-4H3/t40-,42-/m0/s1. The van der Waals surface area contributed by atoms with Gasteiger partial charge in [0.15, 0.2) is 0 Å². The normalized spacial score (nSPS) is 13.9. The average molecular weight is 660 g/mol. The van der Waals surface area contributed by atoms with Crippen molar-refractivity contribution in [2.75, 3.05) is 13.2 Å². The smallest absolute Gasteiger partial charge is 0.261 e. The van der Waals surface area contributed by atoms with Gasteiger partial charge in [-0.1, -0.05) is 172 Å². The summed E-state index contributed by atoms with van der Waals surface area (Å²) in [5.74, 6) is 0. The van der Waals surface area contributed by atoms with E-state index in [4.69, 9.17) is 18.7 Å². The summed E-state index contributed by atoms with van der Waals surface area (Å²) in [6.45, 7) is 11.0. The lowest BCUT2D eigenvalue weighted by molar-refractivity contribution is -0.137. The van der Waals surface area contributed by atoms with Gasteiger partial charge in [-0.05, 0) is 39.0 Å². The molecule has 0 aliphatic rings. The molecule has 48 heavy (non-hydrogen) atoms. The monoisotopic (exact) mass is 659 g/mol. The lowest BCUT2D eigenvalue weighted by Gasteiger charge is -2.46. The van der Waals surface area contributed by atoms with Crippen LogP contribution >= 0.6 is 0 Å². The molecule has 0 saturated carbocycles. The van der Waals surface area contributed by atoms with Crippen LogP contribution in [0.3, 0.4) is 0 Å². The molecular weight excluding hydrogens is 611 g/mol. The van der Waals surface area contributed by atoms with Gasteiger partial charge in [0.2, 0.25) is 0 Å². The second-order valence-electron chi connectivity index (χ2n) is 13.5. The molecule has 0 radical (unpaired) electrons. The van der Waals surface area contributed by atoms with Gasteiger partial charge in [-0.3, -0.25) is 4.84 Å². The fourth-order valence-corrected chi connectivity index (χ4v) is 10.8. The third-order valence-electron chi connectivity index (χ3n) is 8.78. The first-order valence-electron chi connectivity index (χ1n) is 16.8. The number of hydrogen-bond donors (Lipinski definition) is 1. The van der Waals surface area contributed by atoms with E-state index in [9.17, 15) is 0 Å². The number of hydrogen-bond acceptors (Lipinski definition) is 5. The third-order valence-corrected chi connectivity index (χ3v) is 13.8. The van der Waals surface area contributed by atoms with E-state index in [1.54, 1.807) is 0 Å². The molecule has 0 aliphatic carbocycles. The summed E-state index contributed by atoms with van der Waals surface area (Å²) in [6.07, 6.45) is -0.421. The minimum atomic E-state index is -2.87. The van der Waals surface area contributed by atoms with Crippen LogP contribution in [0.15, 0.2) is 152 Å². The molecule has 0 bridgehead atoms. The molecule has 1 N–H and O–H groups in total. The molecule has 0 spiro atoms. The van der Waals surface area contributed by atoms with Crippen molar-refractivity contribution in [1.29, 1.82) is 0 Å². The molecule has 0 heterocycles. The van der Waals surface area contributed by atoms with Crippen molar-refractivity contribution >= 4 is 18.7 Å². The quantitative estimate of drug-likeness (QED) is 0.0814. The van der Waals surface area contributed by atoms with Gasteiger partial charge < -0.3 is 13.9 Å². The van der Waals surface area contributed by atoms with Gasteiger partial charge in [-0.25, -0.2) is 0 Å². The van der Waals surface area contributed by atoms with E-state index < -0.39 is 20.0 Å². The molecule has 0 fully saturated rings. The van der Waals surface area contributed by atoms with Crippen molar-refractivity contribution in [3.05, 3.63) is 168 Å². The summed E-state index contributed by atoms with van der Waals surface area (Å²) >= 11 is 0. The summed E-state index contributed by atoms with van der Waals surface area (Å²) in [4.78, 5) is 6.29. The molecule has 5 aromatic carbocycles. The van der Waals surface area contributed by atoms with Crippen molar-refractivity contribution < 1.29 is 18.7 Å². The van der Waals surface area contributed by atoms with Crippen LogP contribution in [0.4, 0.5) is 0 Å². The van der Waals surface area contributed by atoms with Crippen molar-refractivity contribution in [2.24, 2.45) is 0 Å². The SMILES string of the molecule is CC(C)(C)[Si](OC[C@](C)(NOCc1ccccc1)[C@H](COCc1ccccc1)OCc1ccccc1)(c1ccccc1)c1ccccc1. The summed E-state index contributed by atoms with van der Waals surface area (Å²) in [5.41, 5.74) is 5.92. The molecule has 5 aromatic rings. The zero-order chi connectivity index (χ0) is 33.7. The molecule has 5 rings (SSSR count). The largest absolute Gasteiger partial charge is 0.405 e. The fraction of sp³-hybridized carbons (Fsp3) is 0.286. The van der Waals surface area contributed by atoms with Crippen molar-refractivity contribution in [3.8, 4) is 0 Å². The van der Waals surface area contributed by atoms with Crippen molar-refractivity contribution in [1.82, 2.24) is 5.48 Å². The Labute approximate surface area is 288 Å². The zero-order valence-electron chi connectivity index (χ0n) is 28.7. The Hall–Kier alpha value is -3.88. The molecule has 250 valence electrons. The molecule has 5 nitrogen and oxygen atoms in total. The highest BCUT2D eigenvalue weighted by molar-refractivity contribution is 6.99. The Morgan fingerprint density at radius 3 is 1.42 bits per heavy atom. The topological polar surface area (TPSA) is 49.0 Å². The maximum atomic E-state index is 7.49. The van der Waals surface area contributed by atoms with Gasteiger partial charge in [0.05, 0.1) is 38.6 Å². The molecule has 0 aliphatic heterocycles. The van der Waals surface area contributed by atoms with Gasteiger partial charge in [0.25, 0.3) is 8.32 Å². The average Bonchev–Trinajstić information content (AvgIpc) is 3.11. The molecule has 2 atom stereocenters. The van der Waals surface area contributed by atoms with Crippen molar-refractivity contribution in [2.45, 2.75) is 64.2 Å². The minimum Gasteiger partial charge on any atom is -0.405 e. The summed E-state index contributed by atoms with van der Waals surface area (Å²) < 4.78 is 20.6. The summed E-state index contributed by atoms with van der Waals surface area (Å²) in [6, 6.07) is 52.1. The van der Waals surface area contributed by atoms with Gasteiger partial charge in [0.1, 0.15) is 6.10 Å². The Balaban J connectivity index is 1.49. The number of rotatable bonds is 17. The van der Waals surface area contributed by atoms with Crippen LogP contribution < -0.4 is 15.9 Å². The molecule has 0 unspecified atom stereocenters. The summed E-state index contributed by atoms with van der Waals surface area (Å²) in [5, 5.41) is 2.25. The van der Waals surface area contributed by atoms with E-state index in [-0.39, 0.29) is 5.04 Å². The number of benzene rings is 5. The molecule has 0 saturated heterocycles. The van der Waals surface area contributed by atoms with Crippen LogP contribution in [-0.4, -0.2) is 33.2 Å². The first-order chi connectivity index (χ1) is 23.3. The number of ether oxygens (including phenoxy) is 2. The van der Waals surface area contributed by atoms with Gasteiger partial charge in [-0.2, -0.15) is 5.48 Å². The maximum absolute atomic E-state index is 7.49. The number of nitrogens with one attached hydrogen (secondary N) is 1. The first-order valence-corrected chi connectivity index (χ1v) is 18.7. The Morgan fingerprint density at radius 2 is 0.958 bits per heavy atom. The second kappa shape index (κ2) is 17.0. The second-order valence-corrected chi connectivity index (χ2v) is 17.8. The Bertz CT molecular complexity index is 1580. The lowest BCUT2D eigenvalue weighted by Crippen LogP contribution is -2.69. The van der Waals surface area contributed by atoms with Crippen LogP contribution in [-0.2, 0) is 38.6 Å². The molecule has 0 amide bonds. The minimum absolute atomic E-state index is 0.189. The van der Waals surface area contributed by atoms with Crippen LogP contribution in [0.25, 0.3) is 0 Å². The number of hydroxylamine groups is 1. The van der Waals surface area contributed by atoms with E-state index in [2.05, 4.69) is 130 Å². The highest BCUT2D eigenvalue weighted by Gasteiger charge is 2.52. The van der Waals surface area contributed by atoms with Gasteiger partial charge >= 0.3 is 0 Å².